The lowest BCUT2D eigenvalue weighted by Gasteiger charge is -2.18. The zero-order valence-electron chi connectivity index (χ0n) is 14.1. The molecule has 7 heteroatoms. The first-order valence-electron chi connectivity index (χ1n) is 7.81. The van der Waals surface area contributed by atoms with Gasteiger partial charge in [0.2, 0.25) is 11.8 Å². The van der Waals surface area contributed by atoms with Gasteiger partial charge in [-0.05, 0) is 44.0 Å². The molecule has 3 rings (SSSR count). The van der Waals surface area contributed by atoms with E-state index in [4.69, 9.17) is 4.42 Å². The van der Waals surface area contributed by atoms with Crippen LogP contribution >= 0.6 is 0 Å². The Kier molecular flexibility index (Phi) is 4.44. The summed E-state index contributed by atoms with van der Waals surface area (Å²) in [7, 11) is 0. The number of hydrogen-bond acceptors (Lipinski definition) is 5. The molecule has 2 aromatic heterocycles. The number of aromatic nitrogens is 4. The summed E-state index contributed by atoms with van der Waals surface area (Å²) >= 11 is 0. The number of benzene rings is 1. The standard InChI is InChI=1S/C17H20FN5O/c1-10-8-19-23(9-10)16-6-5-14(7-15(16)18)11(2)20-12(3)17-22-21-13(4)24-17/h5-9,11-12,20H,1-4H3. The Bertz CT molecular complexity index is 841. The van der Waals surface area contributed by atoms with E-state index < -0.39 is 0 Å². The van der Waals surface area contributed by atoms with Crippen LogP contribution in [0.5, 0.6) is 0 Å². The van der Waals surface area contributed by atoms with E-state index in [9.17, 15) is 4.39 Å². The Morgan fingerprint density at radius 3 is 2.54 bits per heavy atom. The van der Waals surface area contributed by atoms with E-state index in [1.54, 1.807) is 25.4 Å². The van der Waals surface area contributed by atoms with E-state index in [0.717, 1.165) is 11.1 Å². The minimum absolute atomic E-state index is 0.0740. The Hall–Kier alpha value is -2.54. The van der Waals surface area contributed by atoms with Gasteiger partial charge in [-0.15, -0.1) is 10.2 Å². The molecule has 2 unspecified atom stereocenters. The molecule has 0 aliphatic rings. The molecule has 0 spiro atoms. The molecule has 0 saturated carbocycles. The number of rotatable bonds is 5. The van der Waals surface area contributed by atoms with Crippen LogP contribution in [0.2, 0.25) is 0 Å². The lowest BCUT2D eigenvalue weighted by molar-refractivity contribution is 0.379. The molecule has 0 fully saturated rings. The average molecular weight is 329 g/mol. The number of halogens is 1. The first kappa shape index (κ1) is 16.3. The number of hydrogen-bond donors (Lipinski definition) is 1. The van der Waals surface area contributed by atoms with Crippen LogP contribution in [-0.4, -0.2) is 20.0 Å². The Balaban J connectivity index is 1.75. The van der Waals surface area contributed by atoms with Gasteiger partial charge in [-0.25, -0.2) is 9.07 Å². The van der Waals surface area contributed by atoms with Crippen molar-refractivity contribution in [3.63, 3.8) is 0 Å². The normalized spacial score (nSPS) is 13.9. The highest BCUT2D eigenvalue weighted by atomic mass is 19.1. The minimum atomic E-state index is -0.314. The summed E-state index contributed by atoms with van der Waals surface area (Å²) in [6.07, 6.45) is 3.49. The molecule has 1 aromatic carbocycles. The average Bonchev–Trinajstić information content (AvgIpc) is 3.15. The molecule has 3 aromatic rings. The third-order valence-electron chi connectivity index (χ3n) is 3.84. The topological polar surface area (TPSA) is 68.8 Å². The van der Waals surface area contributed by atoms with Crippen molar-refractivity contribution in [1.82, 2.24) is 25.3 Å². The predicted octanol–water partition coefficient (Wildman–Crippen LogP) is 3.42. The molecule has 2 heterocycles. The highest BCUT2D eigenvalue weighted by molar-refractivity contribution is 5.37. The van der Waals surface area contributed by atoms with Crippen molar-refractivity contribution < 1.29 is 8.81 Å². The summed E-state index contributed by atoms with van der Waals surface area (Å²) in [5, 5.41) is 15.3. The number of aryl methyl sites for hydroxylation is 2. The summed E-state index contributed by atoms with van der Waals surface area (Å²) in [5.74, 6) is 0.727. The van der Waals surface area contributed by atoms with Crippen LogP contribution in [-0.2, 0) is 0 Å². The number of nitrogens with one attached hydrogen (secondary N) is 1. The van der Waals surface area contributed by atoms with Crippen LogP contribution in [0.4, 0.5) is 4.39 Å². The zero-order chi connectivity index (χ0) is 17.3. The number of nitrogens with zero attached hydrogens (tertiary/aromatic N) is 4. The first-order valence-corrected chi connectivity index (χ1v) is 7.81. The highest BCUT2D eigenvalue weighted by Gasteiger charge is 2.17. The van der Waals surface area contributed by atoms with Crippen molar-refractivity contribution in [2.75, 3.05) is 0 Å². The second kappa shape index (κ2) is 6.52. The molecule has 126 valence electrons. The summed E-state index contributed by atoms with van der Waals surface area (Å²) in [4.78, 5) is 0. The van der Waals surface area contributed by atoms with Crippen LogP contribution in [0.25, 0.3) is 5.69 Å². The van der Waals surface area contributed by atoms with Gasteiger partial charge in [0.15, 0.2) is 0 Å². The molecule has 24 heavy (non-hydrogen) atoms. The SMILES string of the molecule is Cc1cnn(-c2ccc(C(C)NC(C)c3nnc(C)o3)cc2F)c1. The van der Waals surface area contributed by atoms with E-state index in [1.165, 1.54) is 10.7 Å². The molecular formula is C17H20FN5O. The Morgan fingerprint density at radius 1 is 1.17 bits per heavy atom. The van der Waals surface area contributed by atoms with Gasteiger partial charge in [0.25, 0.3) is 0 Å². The van der Waals surface area contributed by atoms with E-state index in [0.29, 0.717) is 17.5 Å². The highest BCUT2D eigenvalue weighted by Crippen LogP contribution is 2.22. The summed E-state index contributed by atoms with van der Waals surface area (Å²) in [5.41, 5.74) is 2.25. The second-order valence-electron chi connectivity index (χ2n) is 5.94. The van der Waals surface area contributed by atoms with Gasteiger partial charge in [0.1, 0.15) is 11.5 Å². The van der Waals surface area contributed by atoms with Crippen molar-refractivity contribution >= 4 is 0 Å². The van der Waals surface area contributed by atoms with Crippen molar-refractivity contribution in [2.45, 2.75) is 39.8 Å². The third-order valence-corrected chi connectivity index (χ3v) is 3.84. The smallest absolute Gasteiger partial charge is 0.233 e. The Morgan fingerprint density at radius 2 is 1.96 bits per heavy atom. The van der Waals surface area contributed by atoms with E-state index in [-0.39, 0.29) is 17.9 Å². The molecule has 0 aliphatic heterocycles. The van der Waals surface area contributed by atoms with E-state index >= 15 is 0 Å². The van der Waals surface area contributed by atoms with E-state index in [1.807, 2.05) is 26.8 Å². The van der Waals surface area contributed by atoms with Gasteiger partial charge >= 0.3 is 0 Å². The summed E-state index contributed by atoms with van der Waals surface area (Å²) in [6.45, 7) is 7.56. The molecule has 0 bridgehead atoms. The second-order valence-corrected chi connectivity index (χ2v) is 5.94. The van der Waals surface area contributed by atoms with Crippen molar-refractivity contribution in [3.05, 3.63) is 59.3 Å². The van der Waals surface area contributed by atoms with Gasteiger partial charge in [-0.1, -0.05) is 6.07 Å². The van der Waals surface area contributed by atoms with Gasteiger partial charge in [0, 0.05) is 19.2 Å². The lowest BCUT2D eigenvalue weighted by atomic mass is 10.1. The van der Waals surface area contributed by atoms with Gasteiger partial charge in [-0.2, -0.15) is 5.10 Å². The zero-order valence-corrected chi connectivity index (χ0v) is 14.1. The lowest BCUT2D eigenvalue weighted by Crippen LogP contribution is -2.23. The van der Waals surface area contributed by atoms with Crippen LogP contribution in [0.15, 0.2) is 35.0 Å². The van der Waals surface area contributed by atoms with Crippen LogP contribution < -0.4 is 5.32 Å². The minimum Gasteiger partial charge on any atom is -0.424 e. The van der Waals surface area contributed by atoms with Gasteiger partial charge in [-0.3, -0.25) is 5.32 Å². The maximum absolute atomic E-state index is 14.4. The molecule has 0 saturated heterocycles. The molecule has 6 nitrogen and oxygen atoms in total. The third kappa shape index (κ3) is 3.35. The summed E-state index contributed by atoms with van der Waals surface area (Å²) in [6, 6.07) is 4.94. The van der Waals surface area contributed by atoms with Crippen molar-refractivity contribution in [2.24, 2.45) is 0 Å². The maximum Gasteiger partial charge on any atom is 0.233 e. The fourth-order valence-corrected chi connectivity index (χ4v) is 2.55. The van der Waals surface area contributed by atoms with Crippen molar-refractivity contribution in [3.8, 4) is 5.69 Å². The first-order chi connectivity index (χ1) is 11.4. The van der Waals surface area contributed by atoms with Gasteiger partial charge < -0.3 is 4.42 Å². The van der Waals surface area contributed by atoms with Crippen molar-refractivity contribution in [1.29, 1.82) is 0 Å². The molecule has 1 N–H and O–H groups in total. The largest absolute Gasteiger partial charge is 0.424 e. The molecular weight excluding hydrogens is 309 g/mol. The molecule has 0 radical (unpaired) electrons. The fourth-order valence-electron chi connectivity index (χ4n) is 2.55. The van der Waals surface area contributed by atoms with Crippen LogP contribution in [0.1, 0.15) is 48.8 Å². The van der Waals surface area contributed by atoms with E-state index in [2.05, 4.69) is 20.6 Å². The van der Waals surface area contributed by atoms with Gasteiger partial charge in [0.05, 0.1) is 12.2 Å². The fraction of sp³-hybridized carbons (Fsp3) is 0.353. The summed E-state index contributed by atoms with van der Waals surface area (Å²) < 4.78 is 21.4. The molecule has 0 amide bonds. The Labute approximate surface area is 139 Å². The predicted molar refractivity (Wildman–Crippen MR) is 87.3 cm³/mol. The quantitative estimate of drug-likeness (QED) is 0.777. The van der Waals surface area contributed by atoms with Crippen LogP contribution in [0, 0.1) is 19.7 Å². The maximum atomic E-state index is 14.4. The molecule has 0 aliphatic carbocycles. The monoisotopic (exact) mass is 329 g/mol. The molecule has 2 atom stereocenters. The van der Waals surface area contributed by atoms with Crippen LogP contribution in [0.3, 0.4) is 0 Å².